The summed E-state index contributed by atoms with van der Waals surface area (Å²) in [6.07, 6.45) is 4.60. The topological polar surface area (TPSA) is 85.2 Å². The number of amides is 1. The van der Waals surface area contributed by atoms with E-state index in [0.717, 1.165) is 41.2 Å². The van der Waals surface area contributed by atoms with E-state index in [-0.39, 0.29) is 22.1 Å². The first-order valence-electron chi connectivity index (χ1n) is 13.0. The molecular formula is C28H34F2N6O2. The van der Waals surface area contributed by atoms with E-state index in [9.17, 15) is 9.18 Å². The van der Waals surface area contributed by atoms with Crippen LogP contribution < -0.4 is 5.32 Å². The van der Waals surface area contributed by atoms with Crippen LogP contribution in [0.1, 0.15) is 71.8 Å². The van der Waals surface area contributed by atoms with Gasteiger partial charge in [-0.05, 0) is 62.1 Å². The average Bonchev–Trinajstić information content (AvgIpc) is 3.61. The molecule has 2 saturated heterocycles. The Balaban J connectivity index is 0.00000294. The highest BCUT2D eigenvalue weighted by Gasteiger charge is 2.43. The molecule has 10 heteroatoms. The summed E-state index contributed by atoms with van der Waals surface area (Å²) in [4.78, 5) is 20.2. The zero-order valence-electron chi connectivity index (χ0n) is 22.0. The Bertz CT molecular complexity index is 1330. The second-order valence-electron chi connectivity index (χ2n) is 11.3. The molecule has 4 heterocycles. The fourth-order valence-electron chi connectivity index (χ4n) is 5.42. The number of likely N-dealkylation sites (tertiary alicyclic amines) is 1. The lowest BCUT2D eigenvalue weighted by molar-refractivity contribution is -0.0610. The molecule has 0 spiro atoms. The monoisotopic (exact) mass is 524 g/mol. The summed E-state index contributed by atoms with van der Waals surface area (Å²) in [6.45, 7) is 5.71. The highest BCUT2D eigenvalue weighted by atomic mass is 19.1. The largest absolute Gasteiger partial charge is 0.379 e. The minimum absolute atomic E-state index is 0. The number of nitrogens with one attached hydrogen (secondary N) is 1. The van der Waals surface area contributed by atoms with Gasteiger partial charge in [0.25, 0.3) is 5.91 Å². The Morgan fingerprint density at radius 3 is 2.61 bits per heavy atom. The van der Waals surface area contributed by atoms with Crippen LogP contribution in [0.4, 0.5) is 14.8 Å². The summed E-state index contributed by atoms with van der Waals surface area (Å²) in [5.41, 5.74) is 2.86. The molecule has 1 saturated carbocycles. The van der Waals surface area contributed by atoms with Crippen LogP contribution in [0, 0.1) is 0 Å². The van der Waals surface area contributed by atoms with Gasteiger partial charge < -0.3 is 14.6 Å². The van der Waals surface area contributed by atoms with Crippen LogP contribution in [0.3, 0.4) is 0 Å². The van der Waals surface area contributed by atoms with Crippen LogP contribution in [-0.4, -0.2) is 62.5 Å². The molecule has 0 radical (unpaired) electrons. The van der Waals surface area contributed by atoms with Crippen molar-refractivity contribution in [1.29, 1.82) is 0 Å². The lowest BCUT2D eigenvalue weighted by Crippen LogP contribution is -2.57. The van der Waals surface area contributed by atoms with E-state index in [0.29, 0.717) is 44.3 Å². The van der Waals surface area contributed by atoms with E-state index in [4.69, 9.17) is 9.72 Å². The van der Waals surface area contributed by atoms with E-state index in [2.05, 4.69) is 39.5 Å². The van der Waals surface area contributed by atoms with Gasteiger partial charge in [-0.1, -0.05) is 12.1 Å². The van der Waals surface area contributed by atoms with E-state index in [1.165, 1.54) is 0 Å². The van der Waals surface area contributed by atoms with Crippen LogP contribution >= 0.6 is 0 Å². The van der Waals surface area contributed by atoms with Gasteiger partial charge in [-0.25, -0.2) is 9.37 Å². The number of aromatic nitrogens is 4. The van der Waals surface area contributed by atoms with Crippen molar-refractivity contribution in [2.75, 3.05) is 31.6 Å². The number of nitrogens with zero attached hydrogens (tertiary/aromatic N) is 5. The Labute approximate surface area is 221 Å². The van der Waals surface area contributed by atoms with E-state index >= 15 is 0 Å². The first-order valence-corrected chi connectivity index (χ1v) is 13.0. The number of ether oxygens (including phenoxy) is 1. The number of hydrogen-bond acceptors (Lipinski definition) is 6. The molecule has 3 aliphatic rings. The van der Waals surface area contributed by atoms with Gasteiger partial charge in [0.15, 0.2) is 0 Å². The predicted molar refractivity (Wildman–Crippen MR) is 140 cm³/mol. The van der Waals surface area contributed by atoms with Crippen LogP contribution in [0.2, 0.25) is 0 Å². The van der Waals surface area contributed by atoms with Crippen molar-refractivity contribution >= 4 is 11.6 Å². The van der Waals surface area contributed by atoms with Gasteiger partial charge in [-0.15, -0.1) is 10.2 Å². The smallest absolute Gasteiger partial charge is 0.274 e. The number of aryl methyl sites for hydroxylation is 1. The maximum atomic E-state index is 14.1. The molecule has 2 aromatic heterocycles. The average molecular weight is 525 g/mol. The number of alkyl halides is 1. The molecule has 0 bridgehead atoms. The molecule has 202 valence electrons. The molecule has 8 nitrogen and oxygen atoms in total. The molecule has 2 aliphatic heterocycles. The summed E-state index contributed by atoms with van der Waals surface area (Å²) in [5.74, 6) is 1.07. The third-order valence-corrected chi connectivity index (χ3v) is 7.98. The number of carbonyl (C=O) groups is 1. The number of halogens is 2. The van der Waals surface area contributed by atoms with Crippen LogP contribution in [0.25, 0.3) is 0 Å². The van der Waals surface area contributed by atoms with Crippen LogP contribution in [-0.2, 0) is 23.6 Å². The number of benzene rings is 1. The zero-order valence-corrected chi connectivity index (χ0v) is 22.0. The van der Waals surface area contributed by atoms with Crippen LogP contribution in [0.5, 0.6) is 0 Å². The first-order chi connectivity index (χ1) is 17.7. The van der Waals surface area contributed by atoms with E-state index in [1.807, 2.05) is 35.9 Å². The number of carbonyl (C=O) groups excluding carboxylic acids is 1. The molecule has 0 unspecified atom stereocenters. The van der Waals surface area contributed by atoms with E-state index < -0.39 is 5.67 Å². The Morgan fingerprint density at radius 1 is 1.24 bits per heavy atom. The molecule has 1 atom stereocenters. The van der Waals surface area contributed by atoms with Gasteiger partial charge in [0.2, 0.25) is 0 Å². The third kappa shape index (κ3) is 5.07. The fraction of sp³-hybridized carbons (Fsp3) is 0.500. The zero-order chi connectivity index (χ0) is 25.8. The molecule has 1 amide bonds. The second kappa shape index (κ2) is 9.81. The normalized spacial score (nSPS) is 20.5. The van der Waals surface area contributed by atoms with Crippen molar-refractivity contribution < 1.29 is 18.6 Å². The number of pyridine rings is 1. The summed E-state index contributed by atoms with van der Waals surface area (Å²) >= 11 is 0. The molecule has 38 heavy (non-hydrogen) atoms. The number of hydrogen-bond donors (Lipinski definition) is 1. The number of anilines is 1. The first kappa shape index (κ1) is 26.4. The standard InChI is InChI=1S/C28H33FN6O2.FH/c1-18(35-13-27(2,29)14-35)20-9-23(19-7-8-19)32-24(10-20)26(36)31-22-6-4-5-21(11-22)28(15-37-16-28)12-25-33-30-17-34(25)3;/h4-6,9-11,17-19H,7-8,12-16H2,1-3H3,(H,31,36);1H/t18-;/m0./s1. The molecule has 3 fully saturated rings. The lowest BCUT2D eigenvalue weighted by Gasteiger charge is -2.46. The maximum Gasteiger partial charge on any atom is 0.274 e. The highest BCUT2D eigenvalue weighted by molar-refractivity contribution is 6.03. The molecule has 3 aromatic rings. The van der Waals surface area contributed by atoms with Crippen molar-refractivity contribution in [3.8, 4) is 0 Å². The lowest BCUT2D eigenvalue weighted by atomic mass is 9.75. The minimum atomic E-state index is -1.14. The summed E-state index contributed by atoms with van der Waals surface area (Å²) in [6, 6.07) is 11.9. The fourth-order valence-corrected chi connectivity index (χ4v) is 5.42. The SMILES string of the molecule is C[C@@H](c1cc(C(=O)Nc2cccc(C3(Cc4nncn4C)COC3)c2)nc(C2CC2)c1)N1CC(C)(F)C1.F. The van der Waals surface area contributed by atoms with Crippen molar-refractivity contribution in [2.45, 2.75) is 56.2 Å². The van der Waals surface area contributed by atoms with Crippen LogP contribution in [0.15, 0.2) is 42.7 Å². The number of rotatable bonds is 8. The van der Waals surface area contributed by atoms with Gasteiger partial charge >= 0.3 is 0 Å². The third-order valence-electron chi connectivity index (χ3n) is 7.98. The van der Waals surface area contributed by atoms with Crippen molar-refractivity contribution in [3.05, 3.63) is 71.1 Å². The van der Waals surface area contributed by atoms with Gasteiger partial charge in [0, 0.05) is 55.3 Å². The van der Waals surface area contributed by atoms with Crippen molar-refractivity contribution in [3.63, 3.8) is 0 Å². The Morgan fingerprint density at radius 2 is 2.00 bits per heavy atom. The van der Waals surface area contributed by atoms with E-state index in [1.54, 1.807) is 13.3 Å². The molecule has 1 aliphatic carbocycles. The van der Waals surface area contributed by atoms with Gasteiger partial charge in [0.1, 0.15) is 23.5 Å². The second-order valence-corrected chi connectivity index (χ2v) is 11.3. The molecule has 1 aromatic carbocycles. The van der Waals surface area contributed by atoms with Gasteiger partial charge in [-0.2, -0.15) is 0 Å². The molecule has 6 rings (SSSR count). The highest BCUT2D eigenvalue weighted by Crippen LogP contribution is 2.41. The van der Waals surface area contributed by atoms with Crippen molar-refractivity contribution in [1.82, 2.24) is 24.6 Å². The van der Waals surface area contributed by atoms with Gasteiger partial charge in [-0.3, -0.25) is 14.4 Å². The Hall–Kier alpha value is -3.24. The summed E-state index contributed by atoms with van der Waals surface area (Å²) in [7, 11) is 1.94. The van der Waals surface area contributed by atoms with Gasteiger partial charge in [0.05, 0.1) is 13.2 Å². The molecule has 1 N–H and O–H groups in total. The summed E-state index contributed by atoms with van der Waals surface area (Å²) in [5, 5.41) is 11.3. The van der Waals surface area contributed by atoms with Crippen molar-refractivity contribution in [2.24, 2.45) is 7.05 Å². The molecular weight excluding hydrogens is 490 g/mol. The quantitative estimate of drug-likeness (QED) is 0.478. The maximum absolute atomic E-state index is 14.1. The summed E-state index contributed by atoms with van der Waals surface area (Å²) < 4.78 is 21.7. The predicted octanol–water partition coefficient (Wildman–Crippen LogP) is 4.11. The Kier molecular flexibility index (Phi) is 6.81. The minimum Gasteiger partial charge on any atom is -0.379 e.